The zero-order valence-electron chi connectivity index (χ0n) is 11.2. The van der Waals surface area contributed by atoms with Gasteiger partial charge < -0.3 is 14.8 Å². The average molecular weight is 229 g/mol. The van der Waals surface area contributed by atoms with Crippen molar-refractivity contribution in [3.63, 3.8) is 0 Å². The fraction of sp³-hybridized carbons (Fsp3) is 1.00. The van der Waals surface area contributed by atoms with E-state index >= 15 is 0 Å². The first-order chi connectivity index (χ1) is 7.59. The van der Waals surface area contributed by atoms with Crippen LogP contribution >= 0.6 is 0 Å². The fourth-order valence-corrected chi connectivity index (χ4v) is 2.36. The van der Waals surface area contributed by atoms with E-state index in [9.17, 15) is 0 Å². The fourth-order valence-electron chi connectivity index (χ4n) is 2.36. The van der Waals surface area contributed by atoms with Crippen molar-refractivity contribution in [2.75, 3.05) is 26.9 Å². The van der Waals surface area contributed by atoms with Crippen molar-refractivity contribution in [2.45, 2.75) is 51.7 Å². The summed E-state index contributed by atoms with van der Waals surface area (Å²) in [6, 6.07) is 0.514. The predicted molar refractivity (Wildman–Crippen MR) is 66.7 cm³/mol. The minimum absolute atomic E-state index is 0.0513. The molecule has 0 spiro atoms. The molecule has 2 atom stereocenters. The normalized spacial score (nSPS) is 24.4. The quantitative estimate of drug-likeness (QED) is 0.757. The zero-order valence-corrected chi connectivity index (χ0v) is 11.2. The topological polar surface area (TPSA) is 30.5 Å². The van der Waals surface area contributed by atoms with Gasteiger partial charge in [0.05, 0.1) is 12.2 Å². The molecule has 0 aromatic heterocycles. The molecule has 1 N–H and O–H groups in total. The van der Waals surface area contributed by atoms with Gasteiger partial charge in [0.25, 0.3) is 0 Å². The van der Waals surface area contributed by atoms with Gasteiger partial charge in [-0.2, -0.15) is 0 Å². The molecule has 0 aromatic rings. The summed E-state index contributed by atoms with van der Waals surface area (Å²) in [6.07, 6.45) is 3.52. The third-order valence-corrected chi connectivity index (χ3v) is 3.49. The van der Waals surface area contributed by atoms with Crippen LogP contribution in [0, 0.1) is 5.92 Å². The standard InChI is InChI=1S/C13H27NO2/c1-5-14-12(9-13(2,3)15-4)11-7-6-8-16-10-11/h11-12,14H,5-10H2,1-4H3. The van der Waals surface area contributed by atoms with Gasteiger partial charge in [-0.3, -0.25) is 0 Å². The lowest BCUT2D eigenvalue weighted by Crippen LogP contribution is -2.45. The lowest BCUT2D eigenvalue weighted by atomic mass is 9.86. The van der Waals surface area contributed by atoms with Gasteiger partial charge in [0.2, 0.25) is 0 Å². The molecule has 2 unspecified atom stereocenters. The molecule has 0 radical (unpaired) electrons. The highest BCUT2D eigenvalue weighted by atomic mass is 16.5. The van der Waals surface area contributed by atoms with E-state index in [4.69, 9.17) is 9.47 Å². The Morgan fingerprint density at radius 1 is 1.50 bits per heavy atom. The summed E-state index contributed by atoms with van der Waals surface area (Å²) < 4.78 is 11.1. The second-order valence-corrected chi connectivity index (χ2v) is 5.31. The number of hydrogen-bond acceptors (Lipinski definition) is 3. The smallest absolute Gasteiger partial charge is 0.0637 e. The van der Waals surface area contributed by atoms with Crippen LogP contribution in [0.1, 0.15) is 40.0 Å². The first-order valence-corrected chi connectivity index (χ1v) is 6.45. The molecule has 0 saturated carbocycles. The van der Waals surface area contributed by atoms with Crippen LogP contribution in [-0.4, -0.2) is 38.5 Å². The summed E-state index contributed by atoms with van der Waals surface area (Å²) >= 11 is 0. The highest BCUT2D eigenvalue weighted by Crippen LogP contribution is 2.25. The molecule has 1 rings (SSSR count). The molecular formula is C13H27NO2. The number of nitrogens with one attached hydrogen (secondary N) is 1. The van der Waals surface area contributed by atoms with Crippen LogP contribution in [0.3, 0.4) is 0 Å². The van der Waals surface area contributed by atoms with Gasteiger partial charge in [-0.25, -0.2) is 0 Å². The first-order valence-electron chi connectivity index (χ1n) is 6.45. The van der Waals surface area contributed by atoms with E-state index in [1.165, 1.54) is 12.8 Å². The van der Waals surface area contributed by atoms with Crippen LogP contribution in [0.4, 0.5) is 0 Å². The van der Waals surface area contributed by atoms with E-state index in [0.717, 1.165) is 26.2 Å². The van der Waals surface area contributed by atoms with Crippen LogP contribution < -0.4 is 5.32 Å². The molecule has 1 aliphatic heterocycles. The van der Waals surface area contributed by atoms with E-state index in [1.807, 2.05) is 0 Å². The Balaban J connectivity index is 2.51. The highest BCUT2D eigenvalue weighted by Gasteiger charge is 2.29. The molecule has 16 heavy (non-hydrogen) atoms. The maximum Gasteiger partial charge on any atom is 0.0637 e. The second kappa shape index (κ2) is 6.58. The maximum atomic E-state index is 5.58. The van der Waals surface area contributed by atoms with Crippen LogP contribution in [0.2, 0.25) is 0 Å². The molecule has 0 aromatic carbocycles. The Hall–Kier alpha value is -0.120. The van der Waals surface area contributed by atoms with Crippen molar-refractivity contribution in [3.8, 4) is 0 Å². The van der Waals surface area contributed by atoms with E-state index in [-0.39, 0.29) is 5.60 Å². The number of methoxy groups -OCH3 is 1. The van der Waals surface area contributed by atoms with Crippen molar-refractivity contribution < 1.29 is 9.47 Å². The minimum atomic E-state index is -0.0513. The molecule has 0 aliphatic carbocycles. The zero-order chi connectivity index (χ0) is 12.0. The van der Waals surface area contributed by atoms with E-state index in [0.29, 0.717) is 12.0 Å². The summed E-state index contributed by atoms with van der Waals surface area (Å²) in [4.78, 5) is 0. The Bertz CT molecular complexity index is 188. The van der Waals surface area contributed by atoms with Crippen LogP contribution in [0.25, 0.3) is 0 Å². The number of ether oxygens (including phenoxy) is 2. The highest BCUT2D eigenvalue weighted by molar-refractivity contribution is 4.84. The van der Waals surface area contributed by atoms with Crippen molar-refractivity contribution in [1.29, 1.82) is 0 Å². The predicted octanol–water partition coefficient (Wildman–Crippen LogP) is 2.21. The maximum absolute atomic E-state index is 5.58. The SMILES string of the molecule is CCNC(CC(C)(C)OC)C1CCCOC1. The van der Waals surface area contributed by atoms with Gasteiger partial charge in [0, 0.05) is 19.8 Å². The molecule has 0 amide bonds. The molecule has 1 fully saturated rings. The molecule has 1 heterocycles. The van der Waals surface area contributed by atoms with Gasteiger partial charge in [-0.15, -0.1) is 0 Å². The Morgan fingerprint density at radius 2 is 2.25 bits per heavy atom. The average Bonchev–Trinajstić information content (AvgIpc) is 2.29. The summed E-state index contributed by atoms with van der Waals surface area (Å²) in [5.74, 6) is 0.642. The summed E-state index contributed by atoms with van der Waals surface area (Å²) in [6.45, 7) is 9.32. The monoisotopic (exact) mass is 229 g/mol. The lowest BCUT2D eigenvalue weighted by Gasteiger charge is -2.35. The molecule has 0 bridgehead atoms. The summed E-state index contributed by atoms with van der Waals surface area (Å²) in [5, 5.41) is 3.58. The molecule has 3 heteroatoms. The Kier molecular flexibility index (Phi) is 5.73. The molecule has 1 saturated heterocycles. The third kappa shape index (κ3) is 4.40. The lowest BCUT2D eigenvalue weighted by molar-refractivity contribution is -0.0161. The first kappa shape index (κ1) is 13.9. The second-order valence-electron chi connectivity index (χ2n) is 5.31. The largest absolute Gasteiger partial charge is 0.381 e. The van der Waals surface area contributed by atoms with E-state index < -0.39 is 0 Å². The van der Waals surface area contributed by atoms with E-state index in [1.54, 1.807) is 7.11 Å². The molecule has 1 aliphatic rings. The van der Waals surface area contributed by atoms with Crippen molar-refractivity contribution in [2.24, 2.45) is 5.92 Å². The molecule has 96 valence electrons. The van der Waals surface area contributed by atoms with Crippen LogP contribution in [0.5, 0.6) is 0 Å². The number of hydrogen-bond donors (Lipinski definition) is 1. The van der Waals surface area contributed by atoms with Gasteiger partial charge in [0.15, 0.2) is 0 Å². The Labute approximate surface area is 99.9 Å². The third-order valence-electron chi connectivity index (χ3n) is 3.49. The van der Waals surface area contributed by atoms with E-state index in [2.05, 4.69) is 26.1 Å². The summed E-state index contributed by atoms with van der Waals surface area (Å²) in [5.41, 5.74) is -0.0513. The summed E-state index contributed by atoms with van der Waals surface area (Å²) in [7, 11) is 1.79. The van der Waals surface area contributed by atoms with Crippen molar-refractivity contribution in [1.82, 2.24) is 5.32 Å². The molecule has 3 nitrogen and oxygen atoms in total. The molecular weight excluding hydrogens is 202 g/mol. The van der Waals surface area contributed by atoms with Crippen molar-refractivity contribution >= 4 is 0 Å². The number of rotatable bonds is 6. The Morgan fingerprint density at radius 3 is 2.75 bits per heavy atom. The van der Waals surface area contributed by atoms with Gasteiger partial charge in [-0.1, -0.05) is 6.92 Å². The van der Waals surface area contributed by atoms with Gasteiger partial charge >= 0.3 is 0 Å². The van der Waals surface area contributed by atoms with Crippen LogP contribution in [-0.2, 0) is 9.47 Å². The van der Waals surface area contributed by atoms with Crippen molar-refractivity contribution in [3.05, 3.63) is 0 Å². The van der Waals surface area contributed by atoms with Gasteiger partial charge in [0.1, 0.15) is 0 Å². The van der Waals surface area contributed by atoms with Crippen LogP contribution in [0.15, 0.2) is 0 Å². The van der Waals surface area contributed by atoms with Gasteiger partial charge in [-0.05, 0) is 45.6 Å². The minimum Gasteiger partial charge on any atom is -0.381 e.